The van der Waals surface area contributed by atoms with Crippen LogP contribution in [-0.2, 0) is 11.3 Å². The highest BCUT2D eigenvalue weighted by molar-refractivity contribution is 5.80. The van der Waals surface area contributed by atoms with Gasteiger partial charge in [-0.15, -0.1) is 0 Å². The summed E-state index contributed by atoms with van der Waals surface area (Å²) in [5.74, 6) is 2.22. The topological polar surface area (TPSA) is 54.0 Å². The number of methoxy groups -OCH3 is 2. The van der Waals surface area contributed by atoms with Gasteiger partial charge in [-0.3, -0.25) is 9.69 Å². The molecule has 6 heteroatoms. The fourth-order valence-corrected chi connectivity index (χ4v) is 3.09. The highest BCUT2D eigenvalue weighted by atomic mass is 16.5. The Bertz CT molecular complexity index is 552. The maximum Gasteiger partial charge on any atom is 0.228 e. The maximum atomic E-state index is 12.3. The van der Waals surface area contributed by atoms with Crippen molar-refractivity contribution in [1.82, 2.24) is 15.1 Å². The zero-order valence-electron chi connectivity index (χ0n) is 13.9. The molecule has 2 fully saturated rings. The quantitative estimate of drug-likeness (QED) is 0.860. The van der Waals surface area contributed by atoms with E-state index in [-0.39, 0.29) is 5.92 Å². The lowest BCUT2D eigenvalue weighted by atomic mass is 10.0. The highest BCUT2D eigenvalue weighted by Gasteiger charge is 2.31. The van der Waals surface area contributed by atoms with Crippen molar-refractivity contribution in [2.75, 3.05) is 53.5 Å². The number of hydrogen-bond acceptors (Lipinski definition) is 5. The Labute approximate surface area is 137 Å². The lowest BCUT2D eigenvalue weighted by Crippen LogP contribution is -2.56. The van der Waals surface area contributed by atoms with Gasteiger partial charge in [-0.1, -0.05) is 0 Å². The summed E-state index contributed by atoms with van der Waals surface area (Å²) in [4.78, 5) is 16.6. The molecular formula is C17H25N3O3. The average Bonchev–Trinajstić information content (AvgIpc) is 2.53. The smallest absolute Gasteiger partial charge is 0.228 e. The summed E-state index contributed by atoms with van der Waals surface area (Å²) >= 11 is 0. The number of carbonyl (C=O) groups excluding carboxylic acids is 1. The van der Waals surface area contributed by atoms with Crippen LogP contribution < -0.4 is 14.8 Å². The van der Waals surface area contributed by atoms with Gasteiger partial charge in [-0.05, 0) is 18.2 Å². The Morgan fingerprint density at radius 3 is 2.48 bits per heavy atom. The predicted octanol–water partition coefficient (Wildman–Crippen LogP) is 0.567. The Balaban J connectivity index is 1.57. The van der Waals surface area contributed by atoms with Crippen molar-refractivity contribution in [2.45, 2.75) is 6.54 Å². The number of benzene rings is 1. The van der Waals surface area contributed by atoms with Crippen LogP contribution in [-0.4, -0.2) is 69.2 Å². The Morgan fingerprint density at radius 1 is 1.17 bits per heavy atom. The van der Waals surface area contributed by atoms with Gasteiger partial charge < -0.3 is 19.7 Å². The summed E-state index contributed by atoms with van der Waals surface area (Å²) in [5.41, 5.74) is 1.12. The molecule has 1 amide bonds. The molecule has 0 unspecified atom stereocenters. The number of nitrogens with one attached hydrogen (secondary N) is 1. The summed E-state index contributed by atoms with van der Waals surface area (Å²) in [6.07, 6.45) is 0. The van der Waals surface area contributed by atoms with Crippen LogP contribution in [0.4, 0.5) is 0 Å². The minimum Gasteiger partial charge on any atom is -0.497 e. The third-order valence-corrected chi connectivity index (χ3v) is 4.70. The highest BCUT2D eigenvalue weighted by Crippen LogP contribution is 2.25. The summed E-state index contributed by atoms with van der Waals surface area (Å²) in [6, 6.07) is 5.87. The first-order valence-electron chi connectivity index (χ1n) is 8.14. The average molecular weight is 319 g/mol. The SMILES string of the molecule is COc1ccc(OC)c(CN2CCN(C(=O)C3CNC3)CC2)c1. The molecule has 6 nitrogen and oxygen atoms in total. The summed E-state index contributed by atoms with van der Waals surface area (Å²) in [7, 11) is 3.36. The van der Waals surface area contributed by atoms with Crippen molar-refractivity contribution >= 4 is 5.91 Å². The number of carbonyl (C=O) groups is 1. The normalized spacial score (nSPS) is 19.3. The molecule has 2 saturated heterocycles. The molecule has 0 atom stereocenters. The molecule has 2 aliphatic rings. The summed E-state index contributed by atoms with van der Waals surface area (Å²) < 4.78 is 10.7. The van der Waals surface area contributed by atoms with E-state index < -0.39 is 0 Å². The number of nitrogens with zero attached hydrogens (tertiary/aromatic N) is 2. The molecule has 0 radical (unpaired) electrons. The van der Waals surface area contributed by atoms with Crippen LogP contribution in [0.2, 0.25) is 0 Å². The molecule has 23 heavy (non-hydrogen) atoms. The van der Waals surface area contributed by atoms with Gasteiger partial charge in [0.2, 0.25) is 5.91 Å². The summed E-state index contributed by atoms with van der Waals surface area (Å²) in [6.45, 7) is 5.88. The third-order valence-electron chi connectivity index (χ3n) is 4.70. The first kappa shape index (κ1) is 16.1. The molecule has 0 aliphatic carbocycles. The van der Waals surface area contributed by atoms with E-state index in [9.17, 15) is 4.79 Å². The second kappa shape index (κ2) is 7.19. The van der Waals surface area contributed by atoms with Crippen LogP contribution >= 0.6 is 0 Å². The number of piperazine rings is 1. The molecule has 1 aromatic carbocycles. The molecule has 0 spiro atoms. The maximum absolute atomic E-state index is 12.3. The van der Waals surface area contributed by atoms with Crippen LogP contribution in [0.1, 0.15) is 5.56 Å². The largest absolute Gasteiger partial charge is 0.497 e. The van der Waals surface area contributed by atoms with Gasteiger partial charge in [-0.2, -0.15) is 0 Å². The molecule has 0 bridgehead atoms. The lowest BCUT2D eigenvalue weighted by Gasteiger charge is -2.38. The van der Waals surface area contributed by atoms with E-state index in [0.29, 0.717) is 5.91 Å². The Morgan fingerprint density at radius 2 is 1.91 bits per heavy atom. The van der Waals surface area contributed by atoms with E-state index in [2.05, 4.69) is 10.2 Å². The predicted molar refractivity (Wildman–Crippen MR) is 87.8 cm³/mol. The van der Waals surface area contributed by atoms with Gasteiger partial charge in [0.05, 0.1) is 20.1 Å². The summed E-state index contributed by atoms with van der Waals surface area (Å²) in [5, 5.41) is 3.16. The van der Waals surface area contributed by atoms with E-state index >= 15 is 0 Å². The van der Waals surface area contributed by atoms with Gasteiger partial charge in [-0.25, -0.2) is 0 Å². The van der Waals surface area contributed by atoms with Crippen LogP contribution in [0, 0.1) is 5.92 Å². The number of rotatable bonds is 5. The lowest BCUT2D eigenvalue weighted by molar-refractivity contribution is -0.138. The molecular weight excluding hydrogens is 294 g/mol. The van der Waals surface area contributed by atoms with E-state index in [1.54, 1.807) is 14.2 Å². The number of hydrogen-bond donors (Lipinski definition) is 1. The molecule has 0 saturated carbocycles. The first-order valence-corrected chi connectivity index (χ1v) is 8.14. The van der Waals surface area contributed by atoms with Gasteiger partial charge >= 0.3 is 0 Å². The van der Waals surface area contributed by atoms with Crippen molar-refractivity contribution in [3.05, 3.63) is 23.8 Å². The van der Waals surface area contributed by atoms with E-state index in [1.165, 1.54) is 0 Å². The third kappa shape index (κ3) is 3.59. The zero-order chi connectivity index (χ0) is 16.2. The molecule has 1 N–H and O–H groups in total. The fourth-order valence-electron chi connectivity index (χ4n) is 3.09. The molecule has 1 aromatic rings. The Kier molecular flexibility index (Phi) is 5.03. The second-order valence-corrected chi connectivity index (χ2v) is 6.13. The van der Waals surface area contributed by atoms with E-state index in [4.69, 9.17) is 9.47 Å². The minimum absolute atomic E-state index is 0.194. The minimum atomic E-state index is 0.194. The molecule has 3 rings (SSSR count). The second-order valence-electron chi connectivity index (χ2n) is 6.13. The van der Waals surface area contributed by atoms with Crippen LogP contribution in [0.25, 0.3) is 0 Å². The van der Waals surface area contributed by atoms with Gasteiger partial charge in [0, 0.05) is 51.4 Å². The molecule has 0 aromatic heterocycles. The van der Waals surface area contributed by atoms with Crippen molar-refractivity contribution < 1.29 is 14.3 Å². The van der Waals surface area contributed by atoms with Crippen molar-refractivity contribution in [2.24, 2.45) is 5.92 Å². The van der Waals surface area contributed by atoms with Gasteiger partial charge in [0.25, 0.3) is 0 Å². The molecule has 2 aliphatic heterocycles. The van der Waals surface area contributed by atoms with Crippen LogP contribution in [0.5, 0.6) is 11.5 Å². The monoisotopic (exact) mass is 319 g/mol. The van der Waals surface area contributed by atoms with Gasteiger partial charge in [0.15, 0.2) is 0 Å². The number of ether oxygens (including phenoxy) is 2. The van der Waals surface area contributed by atoms with E-state index in [0.717, 1.165) is 62.9 Å². The van der Waals surface area contributed by atoms with Crippen LogP contribution in [0.15, 0.2) is 18.2 Å². The van der Waals surface area contributed by atoms with E-state index in [1.807, 2.05) is 23.1 Å². The molecule has 2 heterocycles. The van der Waals surface area contributed by atoms with Crippen molar-refractivity contribution in [3.8, 4) is 11.5 Å². The van der Waals surface area contributed by atoms with Crippen LogP contribution in [0.3, 0.4) is 0 Å². The number of amides is 1. The first-order chi connectivity index (χ1) is 11.2. The Hall–Kier alpha value is -1.79. The standard InChI is InChI=1S/C17H25N3O3/c1-22-15-3-4-16(23-2)13(9-15)12-19-5-7-20(8-6-19)17(21)14-10-18-11-14/h3-4,9,14,18H,5-8,10-12H2,1-2H3. The fraction of sp³-hybridized carbons (Fsp3) is 0.588. The molecule has 126 valence electrons. The van der Waals surface area contributed by atoms with Crippen molar-refractivity contribution in [1.29, 1.82) is 0 Å². The van der Waals surface area contributed by atoms with Gasteiger partial charge in [0.1, 0.15) is 11.5 Å². The zero-order valence-corrected chi connectivity index (χ0v) is 13.9. The van der Waals surface area contributed by atoms with Crippen molar-refractivity contribution in [3.63, 3.8) is 0 Å².